The number of hydrogen-bond donors (Lipinski definition) is 1. The van der Waals surface area contributed by atoms with Crippen LogP contribution in [0.25, 0.3) is 0 Å². The lowest BCUT2D eigenvalue weighted by Gasteiger charge is -2.37. The van der Waals surface area contributed by atoms with Gasteiger partial charge in [0.05, 0.1) is 18.8 Å². The van der Waals surface area contributed by atoms with Gasteiger partial charge in [0.15, 0.2) is 0 Å². The Hall–Kier alpha value is -0.900. The largest absolute Gasteiger partial charge is 0.390 e. The molecule has 3 heteroatoms. The fourth-order valence-corrected chi connectivity index (χ4v) is 4.20. The van der Waals surface area contributed by atoms with E-state index in [-0.39, 0.29) is 12.2 Å². The van der Waals surface area contributed by atoms with Crippen molar-refractivity contribution in [3.63, 3.8) is 0 Å². The fraction of sp³-hybridized carbons (Fsp3) is 0.667. The molecular formula is C18H25NO2. The predicted octanol–water partition coefficient (Wildman–Crippen LogP) is 1.94. The molecule has 2 aliphatic heterocycles. The molecule has 0 amide bonds. The number of fused-ring (bicyclic) bond motifs is 2. The Labute approximate surface area is 126 Å². The van der Waals surface area contributed by atoms with Gasteiger partial charge in [0.2, 0.25) is 0 Å². The Bertz CT molecular complexity index is 516. The van der Waals surface area contributed by atoms with E-state index in [0.29, 0.717) is 6.04 Å². The summed E-state index contributed by atoms with van der Waals surface area (Å²) in [4.78, 5) is 2.50. The molecule has 0 bridgehead atoms. The van der Waals surface area contributed by atoms with Gasteiger partial charge in [-0.1, -0.05) is 18.2 Å². The van der Waals surface area contributed by atoms with Crippen molar-refractivity contribution in [1.82, 2.24) is 4.90 Å². The van der Waals surface area contributed by atoms with Gasteiger partial charge in [0.1, 0.15) is 0 Å². The molecule has 3 nitrogen and oxygen atoms in total. The molecule has 1 aromatic rings. The number of aryl methyl sites for hydroxylation is 2. The van der Waals surface area contributed by atoms with Gasteiger partial charge in [0.25, 0.3) is 0 Å². The molecule has 3 unspecified atom stereocenters. The van der Waals surface area contributed by atoms with Crippen LogP contribution in [0.3, 0.4) is 0 Å². The van der Waals surface area contributed by atoms with Gasteiger partial charge in [-0.25, -0.2) is 0 Å². The maximum absolute atomic E-state index is 10.5. The number of morpholine rings is 1. The van der Waals surface area contributed by atoms with Crippen molar-refractivity contribution in [2.45, 2.75) is 56.8 Å². The zero-order valence-electron chi connectivity index (χ0n) is 12.6. The summed E-state index contributed by atoms with van der Waals surface area (Å²) in [6.07, 6.45) is 6.56. The molecule has 0 saturated carbocycles. The Morgan fingerprint density at radius 1 is 1.24 bits per heavy atom. The van der Waals surface area contributed by atoms with Gasteiger partial charge >= 0.3 is 0 Å². The first-order valence-electron chi connectivity index (χ1n) is 8.44. The Balaban J connectivity index is 1.40. The molecule has 4 rings (SSSR count). The van der Waals surface area contributed by atoms with Crippen LogP contribution in [0.2, 0.25) is 0 Å². The van der Waals surface area contributed by atoms with E-state index in [0.717, 1.165) is 19.6 Å². The summed E-state index contributed by atoms with van der Waals surface area (Å²) >= 11 is 0. The second-order valence-electron chi connectivity index (χ2n) is 6.89. The van der Waals surface area contributed by atoms with E-state index < -0.39 is 0 Å². The van der Waals surface area contributed by atoms with Gasteiger partial charge in [-0.2, -0.15) is 0 Å². The predicted molar refractivity (Wildman–Crippen MR) is 82.5 cm³/mol. The van der Waals surface area contributed by atoms with Crippen LogP contribution in [-0.2, 0) is 24.0 Å². The molecule has 0 radical (unpaired) electrons. The third-order valence-corrected chi connectivity index (χ3v) is 5.45. The van der Waals surface area contributed by atoms with Gasteiger partial charge in [-0.3, -0.25) is 4.90 Å². The Kier molecular flexibility index (Phi) is 3.74. The van der Waals surface area contributed by atoms with E-state index in [9.17, 15) is 5.11 Å². The van der Waals surface area contributed by atoms with Crippen LogP contribution in [-0.4, -0.2) is 48.0 Å². The molecule has 3 aliphatic rings. The number of rotatable bonds is 3. The summed E-state index contributed by atoms with van der Waals surface area (Å²) in [6.45, 7) is 2.87. The standard InChI is InChI=1S/C18H25NO2/c20-17(18-11-19-8-2-5-16(19)12-21-18)10-13-6-7-14-3-1-4-15(14)9-13/h6-7,9,16-18,20H,1-5,8,10-12H2. The fourth-order valence-electron chi connectivity index (χ4n) is 4.20. The van der Waals surface area contributed by atoms with Crippen LogP contribution in [0.15, 0.2) is 18.2 Å². The molecule has 2 heterocycles. The number of hydrogen-bond acceptors (Lipinski definition) is 3. The van der Waals surface area contributed by atoms with Gasteiger partial charge in [-0.15, -0.1) is 0 Å². The van der Waals surface area contributed by atoms with Crippen LogP contribution in [0.4, 0.5) is 0 Å². The lowest BCUT2D eigenvalue weighted by Crippen LogP contribution is -2.50. The van der Waals surface area contributed by atoms with E-state index in [2.05, 4.69) is 23.1 Å². The third-order valence-electron chi connectivity index (χ3n) is 5.45. The molecule has 3 atom stereocenters. The molecule has 1 aliphatic carbocycles. The van der Waals surface area contributed by atoms with Crippen molar-refractivity contribution in [2.24, 2.45) is 0 Å². The van der Waals surface area contributed by atoms with Gasteiger partial charge in [-0.05, 0) is 55.3 Å². The summed E-state index contributed by atoms with van der Waals surface area (Å²) in [5.41, 5.74) is 4.25. The number of aliphatic hydroxyl groups is 1. The van der Waals surface area contributed by atoms with Crippen molar-refractivity contribution in [3.05, 3.63) is 34.9 Å². The van der Waals surface area contributed by atoms with Crippen LogP contribution < -0.4 is 0 Å². The minimum atomic E-state index is -0.383. The van der Waals surface area contributed by atoms with Crippen LogP contribution in [0.5, 0.6) is 0 Å². The second-order valence-corrected chi connectivity index (χ2v) is 6.89. The summed E-state index contributed by atoms with van der Waals surface area (Å²) in [5, 5.41) is 10.5. The number of aliphatic hydroxyl groups excluding tert-OH is 1. The highest BCUT2D eigenvalue weighted by atomic mass is 16.5. The lowest BCUT2D eigenvalue weighted by molar-refractivity contribution is -0.101. The molecule has 114 valence electrons. The average molecular weight is 287 g/mol. The van der Waals surface area contributed by atoms with Crippen molar-refractivity contribution in [2.75, 3.05) is 19.7 Å². The number of nitrogens with zero attached hydrogens (tertiary/aromatic N) is 1. The first-order chi connectivity index (χ1) is 10.3. The van der Waals surface area contributed by atoms with E-state index in [1.807, 2.05) is 0 Å². The minimum Gasteiger partial charge on any atom is -0.390 e. The monoisotopic (exact) mass is 287 g/mol. The van der Waals surface area contributed by atoms with Crippen molar-refractivity contribution < 1.29 is 9.84 Å². The summed E-state index contributed by atoms with van der Waals surface area (Å²) in [5.74, 6) is 0. The number of benzene rings is 1. The van der Waals surface area contributed by atoms with Gasteiger partial charge in [0, 0.05) is 19.0 Å². The van der Waals surface area contributed by atoms with Crippen LogP contribution in [0, 0.1) is 0 Å². The van der Waals surface area contributed by atoms with E-state index in [1.165, 1.54) is 55.3 Å². The third kappa shape index (κ3) is 2.75. The van der Waals surface area contributed by atoms with E-state index in [1.54, 1.807) is 0 Å². The van der Waals surface area contributed by atoms with Crippen molar-refractivity contribution in [3.8, 4) is 0 Å². The average Bonchev–Trinajstić information content (AvgIpc) is 3.14. The smallest absolute Gasteiger partial charge is 0.0964 e. The summed E-state index contributed by atoms with van der Waals surface area (Å²) in [6, 6.07) is 7.35. The maximum atomic E-state index is 10.5. The minimum absolute atomic E-state index is 0.0207. The van der Waals surface area contributed by atoms with E-state index in [4.69, 9.17) is 4.74 Å². The number of ether oxygens (including phenoxy) is 1. The topological polar surface area (TPSA) is 32.7 Å². The molecule has 2 fully saturated rings. The molecule has 1 N–H and O–H groups in total. The first kappa shape index (κ1) is 13.7. The van der Waals surface area contributed by atoms with Crippen molar-refractivity contribution in [1.29, 1.82) is 0 Å². The van der Waals surface area contributed by atoms with Crippen molar-refractivity contribution >= 4 is 0 Å². The molecule has 21 heavy (non-hydrogen) atoms. The highest BCUT2D eigenvalue weighted by molar-refractivity contribution is 5.35. The first-order valence-corrected chi connectivity index (χ1v) is 8.44. The quantitative estimate of drug-likeness (QED) is 0.922. The molecule has 0 spiro atoms. The normalized spacial score (nSPS) is 30.1. The molecule has 1 aromatic carbocycles. The summed E-state index contributed by atoms with van der Waals surface area (Å²) < 4.78 is 5.93. The van der Waals surface area contributed by atoms with Crippen LogP contribution >= 0.6 is 0 Å². The van der Waals surface area contributed by atoms with Crippen LogP contribution in [0.1, 0.15) is 36.0 Å². The molecule has 0 aromatic heterocycles. The SMILES string of the molecule is OC(Cc1ccc2c(c1)CCC2)C1CN2CCCC2CO1. The second kappa shape index (κ2) is 5.71. The molecular weight excluding hydrogens is 262 g/mol. The highest BCUT2D eigenvalue weighted by Crippen LogP contribution is 2.26. The molecule has 2 saturated heterocycles. The zero-order valence-corrected chi connectivity index (χ0v) is 12.6. The summed E-state index contributed by atoms with van der Waals surface area (Å²) in [7, 11) is 0. The lowest BCUT2D eigenvalue weighted by atomic mass is 9.99. The zero-order chi connectivity index (χ0) is 14.2. The van der Waals surface area contributed by atoms with E-state index >= 15 is 0 Å². The van der Waals surface area contributed by atoms with Gasteiger partial charge < -0.3 is 9.84 Å². The highest BCUT2D eigenvalue weighted by Gasteiger charge is 2.35. The maximum Gasteiger partial charge on any atom is 0.0964 e. The Morgan fingerprint density at radius 2 is 2.14 bits per heavy atom. The Morgan fingerprint density at radius 3 is 3.10 bits per heavy atom.